The monoisotopic (exact) mass is 1350 g/mol. The van der Waals surface area contributed by atoms with Crippen LogP contribution in [0.4, 0.5) is 0 Å². The van der Waals surface area contributed by atoms with E-state index in [1.807, 2.05) is 24.3 Å². The predicted molar refractivity (Wildman–Crippen MR) is 339 cm³/mol. The van der Waals surface area contributed by atoms with Crippen LogP contribution in [0.15, 0.2) is 147 Å². The summed E-state index contributed by atoms with van der Waals surface area (Å²) in [4.78, 5) is 22.1. The van der Waals surface area contributed by atoms with Gasteiger partial charge in [-0.2, -0.15) is 6.42 Å². The van der Waals surface area contributed by atoms with E-state index >= 15 is 0 Å². The van der Waals surface area contributed by atoms with Crippen molar-refractivity contribution < 1.29 is 77.8 Å². The normalized spacial score (nSPS) is 12.0. The number of carbonyl (C=O) groups excluding carboxylic acids is 2. The number of ketones is 1. The molecule has 7 N–H and O–H groups in total. The molecule has 0 saturated carbocycles. The summed E-state index contributed by atoms with van der Waals surface area (Å²) in [6, 6.07) is 33.8. The molecule has 1 aliphatic heterocycles. The van der Waals surface area contributed by atoms with Crippen LogP contribution in [0.2, 0.25) is 15.1 Å². The molecule has 6 aromatic rings. The first-order chi connectivity index (χ1) is 39.8. The van der Waals surface area contributed by atoms with Gasteiger partial charge in [-0.25, -0.2) is 40.7 Å². The first-order valence-electron chi connectivity index (χ1n) is 27.2. The summed E-state index contributed by atoms with van der Waals surface area (Å²) < 4.78 is 90.7. The number of primary sulfonamides is 3. The van der Waals surface area contributed by atoms with Gasteiger partial charge in [0.2, 0.25) is 30.1 Å². The van der Waals surface area contributed by atoms with Crippen LogP contribution < -0.4 is 48.5 Å². The van der Waals surface area contributed by atoms with Crippen LogP contribution in [0.5, 0.6) is 17.2 Å². The average Bonchev–Trinajstić information content (AvgIpc) is 2.86. The maximum Gasteiger partial charge on any atom is 1.00 e. The number of aliphatic hydroxyl groups excluding tert-OH is 1. The van der Waals surface area contributed by atoms with Gasteiger partial charge in [0.15, 0.2) is 5.78 Å². The molecular weight excluding hydrogens is 1270 g/mol. The van der Waals surface area contributed by atoms with E-state index in [1.54, 1.807) is 54.6 Å². The summed E-state index contributed by atoms with van der Waals surface area (Å²) >= 11 is 20.6. The number of carbonyl (C=O) groups is 2. The predicted octanol–water partition coefficient (Wildman–Crippen LogP) is 11.3. The molecule has 6 aromatic carbocycles. The molecule has 1 heterocycles. The molecule has 1 atom stereocenters. The number of aldehydes is 1. The van der Waals surface area contributed by atoms with Crippen LogP contribution in [0, 0.1) is 6.92 Å². The van der Waals surface area contributed by atoms with Gasteiger partial charge in [-0.1, -0.05) is 141 Å². The van der Waals surface area contributed by atoms with Crippen molar-refractivity contribution in [1.29, 1.82) is 0 Å². The summed E-state index contributed by atoms with van der Waals surface area (Å²) in [5.74, 6) is 2.05. The second-order valence-electron chi connectivity index (χ2n) is 18.5. The van der Waals surface area contributed by atoms with Gasteiger partial charge < -0.3 is 31.0 Å². The Morgan fingerprint density at radius 2 is 0.941 bits per heavy atom. The van der Waals surface area contributed by atoms with E-state index in [-0.39, 0.29) is 65.5 Å². The molecular formula is C61H78BrCl3LiN3O13S3. The first-order valence-corrected chi connectivity index (χ1v) is 33.8. The van der Waals surface area contributed by atoms with Crippen LogP contribution in [0.25, 0.3) is 0 Å². The van der Waals surface area contributed by atoms with Crippen molar-refractivity contribution in [3.63, 3.8) is 0 Å². The maximum atomic E-state index is 12.5. The van der Waals surface area contributed by atoms with Crippen molar-refractivity contribution >= 4 is 92.9 Å². The van der Waals surface area contributed by atoms with Crippen molar-refractivity contribution in [3.05, 3.63) is 182 Å². The Hall–Kier alpha value is -4.34. The third-order valence-corrected chi connectivity index (χ3v) is 16.3. The van der Waals surface area contributed by atoms with Gasteiger partial charge in [-0.3, -0.25) is 9.59 Å². The molecule has 1 saturated heterocycles. The van der Waals surface area contributed by atoms with Gasteiger partial charge in [0.25, 0.3) is 0 Å². The van der Waals surface area contributed by atoms with Gasteiger partial charge in [0, 0.05) is 34.4 Å². The number of ether oxygens (including phenoxy) is 4. The Kier molecular flexibility index (Phi) is 39.4. The van der Waals surface area contributed by atoms with E-state index in [4.69, 9.17) is 69.2 Å². The molecule has 85 heavy (non-hydrogen) atoms. The zero-order valence-electron chi connectivity index (χ0n) is 48.8. The molecule has 24 heteroatoms. The number of unbranched alkanes of at least 4 members (excludes halogenated alkanes) is 6. The second-order valence-corrected chi connectivity index (χ2v) is 25.3. The molecule has 16 nitrogen and oxygen atoms in total. The number of hydrogen-bond acceptors (Lipinski definition) is 13. The topological polar surface area (TPSA) is 272 Å². The van der Waals surface area contributed by atoms with Gasteiger partial charge in [0.05, 0.1) is 34.9 Å². The van der Waals surface area contributed by atoms with Crippen molar-refractivity contribution in [2.24, 2.45) is 15.4 Å². The summed E-state index contributed by atoms with van der Waals surface area (Å²) in [6.45, 7) is 16.2. The van der Waals surface area contributed by atoms with Crippen LogP contribution >= 0.6 is 50.7 Å². The Bertz CT molecular complexity index is 3250. The molecule has 462 valence electrons. The summed E-state index contributed by atoms with van der Waals surface area (Å²) in [6.07, 6.45) is 13.2. The molecule has 0 bridgehead atoms. The smallest absolute Gasteiger partial charge is 0.494 e. The molecule has 0 aliphatic carbocycles. The molecule has 1 aliphatic rings. The van der Waals surface area contributed by atoms with Gasteiger partial charge >= 0.3 is 18.9 Å². The van der Waals surface area contributed by atoms with E-state index in [0.717, 1.165) is 86.8 Å². The molecule has 0 radical (unpaired) electrons. The third-order valence-electron chi connectivity index (χ3n) is 11.6. The molecule has 1 fully saturated rings. The number of halogens is 4. The number of hydrogen-bond donors (Lipinski definition) is 4. The van der Waals surface area contributed by atoms with E-state index < -0.39 is 36.2 Å². The molecule has 0 spiro atoms. The number of aliphatic hydroxyl groups is 1. The Morgan fingerprint density at radius 1 is 0.565 bits per heavy atom. The van der Waals surface area contributed by atoms with Gasteiger partial charge in [-0.15, -0.1) is 0 Å². The number of rotatable bonds is 23. The fraction of sp³-hybridized carbons (Fsp3) is 0.361. The molecule has 1 unspecified atom stereocenters. The third kappa shape index (κ3) is 31.4. The van der Waals surface area contributed by atoms with E-state index in [1.165, 1.54) is 74.6 Å². The largest absolute Gasteiger partial charge is 1.00 e. The Morgan fingerprint density at radius 3 is 1.35 bits per heavy atom. The summed E-state index contributed by atoms with van der Waals surface area (Å²) in [5, 5.41) is 25.6. The van der Waals surface area contributed by atoms with E-state index in [0.29, 0.717) is 41.9 Å². The molecule has 7 rings (SSSR count). The standard InChI is InChI=1S/C18H20ClNO4S.C17H20ClNO4S.C11H15BrO.C7H6ClNO3S.C4H8O.C4H9.Li/c1-2-3-4-11-24-15-8-5-13(6-9-15)18(21)14-7-10-16(19)17(12-14)25(20,22)23;1-2-3-10-23-14-7-4-12(5-8-14)17(20)13-6-9-15(18)16(11-13)24(19,21)22;1-2-3-4-9-13-11-7-5-10(12)6-8-11;8-6-2-1-5(4-10)3-7(6)13(9,11)12;1-2-4-5-3-1;1-3-4-2;/h5-10,12H,2-4,11H2,1H3,(H2,20,22,23);4-9,11,17,20H,2-3,10H2,1H3,(H2,19,21,22);5-8H,2-4,9H2,1H3;1-4H,(H2,9,11,12);1-4H2;1,3-4H2,2H3;/q;;;;;-1;+1. The summed E-state index contributed by atoms with van der Waals surface area (Å²) in [7, 11) is -11.8. The van der Waals surface area contributed by atoms with Gasteiger partial charge in [0.1, 0.15) is 44.3 Å². The Balaban J connectivity index is 0.000000554. The quantitative estimate of drug-likeness (QED) is 0.0153. The van der Waals surface area contributed by atoms with Crippen LogP contribution in [-0.4, -0.2) is 75.5 Å². The molecule has 0 amide bonds. The number of nitrogens with two attached hydrogens (primary N) is 3. The SMILES string of the molecule is C1CCOC1.CCCCCOc1ccc(Br)cc1.CCCCCOc1ccc(C(=O)c2ccc(Cl)c(S(N)(=O)=O)c2)cc1.CCCCOc1ccc(C(O)c2ccc(Cl)c(S(N)(=O)=O)c2)cc1.NS(=O)(=O)c1cc(C=O)ccc1Cl.[CH2-]CCC.[Li+]. The minimum Gasteiger partial charge on any atom is -0.494 e. The van der Waals surface area contributed by atoms with Crippen molar-refractivity contribution in [2.75, 3.05) is 33.0 Å². The number of benzene rings is 6. The van der Waals surface area contributed by atoms with Gasteiger partial charge in [-0.05, 0) is 146 Å². The van der Waals surface area contributed by atoms with Crippen LogP contribution in [0.3, 0.4) is 0 Å². The van der Waals surface area contributed by atoms with Crippen molar-refractivity contribution in [3.8, 4) is 17.2 Å². The second kappa shape index (κ2) is 42.5. The minimum absolute atomic E-state index is 0. The fourth-order valence-electron chi connectivity index (χ4n) is 6.85. The Labute approximate surface area is 539 Å². The average molecular weight is 1350 g/mol. The zero-order valence-corrected chi connectivity index (χ0v) is 55.1. The molecule has 0 aromatic heterocycles. The van der Waals surface area contributed by atoms with Crippen LogP contribution in [0.1, 0.15) is 148 Å². The zero-order chi connectivity index (χ0) is 62.7. The van der Waals surface area contributed by atoms with Crippen molar-refractivity contribution in [1.82, 2.24) is 0 Å². The summed E-state index contributed by atoms with van der Waals surface area (Å²) in [5.41, 5.74) is 1.84. The van der Waals surface area contributed by atoms with E-state index in [9.17, 15) is 39.9 Å². The van der Waals surface area contributed by atoms with E-state index in [2.05, 4.69) is 50.5 Å². The van der Waals surface area contributed by atoms with Crippen molar-refractivity contribution in [2.45, 2.75) is 126 Å². The number of sulfonamides is 3. The van der Waals surface area contributed by atoms with Crippen LogP contribution in [-0.2, 0) is 34.8 Å². The minimum atomic E-state index is -4.00. The maximum absolute atomic E-state index is 12.5. The fourth-order valence-corrected chi connectivity index (χ4v) is 10.3. The first kappa shape index (κ1) is 78.7.